The summed E-state index contributed by atoms with van der Waals surface area (Å²) in [7, 11) is 0. The zero-order valence-corrected chi connectivity index (χ0v) is 16.4. The third kappa shape index (κ3) is 4.17. The number of aromatic nitrogens is 3. The van der Waals surface area contributed by atoms with E-state index in [0.29, 0.717) is 16.2 Å². The molecule has 1 aliphatic carbocycles. The van der Waals surface area contributed by atoms with Gasteiger partial charge in [0.25, 0.3) is 0 Å². The summed E-state index contributed by atoms with van der Waals surface area (Å²) in [6, 6.07) is 17.8. The summed E-state index contributed by atoms with van der Waals surface area (Å²) in [5, 5.41) is 12.9. The molecule has 27 heavy (non-hydrogen) atoms. The Balaban J connectivity index is 1.68. The number of halogens is 1. The van der Waals surface area contributed by atoms with Crippen LogP contribution in [-0.2, 0) is 4.79 Å². The number of nitrogens with zero attached hydrogens (tertiary/aromatic N) is 3. The first-order valence-corrected chi connectivity index (χ1v) is 10.1. The van der Waals surface area contributed by atoms with Crippen LogP contribution in [0.1, 0.15) is 19.8 Å². The van der Waals surface area contributed by atoms with E-state index in [1.165, 1.54) is 11.8 Å². The molecule has 1 atom stereocenters. The highest BCUT2D eigenvalue weighted by Crippen LogP contribution is 2.31. The van der Waals surface area contributed by atoms with Gasteiger partial charge in [-0.25, -0.2) is 0 Å². The number of benzene rings is 2. The van der Waals surface area contributed by atoms with E-state index in [4.69, 9.17) is 11.6 Å². The third-order valence-corrected chi connectivity index (χ3v) is 5.62. The molecule has 0 unspecified atom stereocenters. The summed E-state index contributed by atoms with van der Waals surface area (Å²) in [5.41, 5.74) is 1.86. The molecule has 2 aromatic carbocycles. The summed E-state index contributed by atoms with van der Waals surface area (Å²) < 4.78 is 1.98. The molecule has 1 fully saturated rings. The van der Waals surface area contributed by atoms with Crippen molar-refractivity contribution in [2.45, 2.75) is 36.2 Å². The van der Waals surface area contributed by atoms with Crippen LogP contribution in [0.3, 0.4) is 0 Å². The molecule has 5 nitrogen and oxygen atoms in total. The van der Waals surface area contributed by atoms with Crippen molar-refractivity contribution in [1.82, 2.24) is 20.1 Å². The predicted octanol–water partition coefficient (Wildman–Crippen LogP) is 4.35. The lowest BCUT2D eigenvalue weighted by atomic mass is 10.2. The topological polar surface area (TPSA) is 59.8 Å². The Hall–Kier alpha value is -2.31. The molecule has 138 valence electrons. The van der Waals surface area contributed by atoms with Crippen molar-refractivity contribution in [3.8, 4) is 17.1 Å². The second kappa shape index (κ2) is 7.74. The van der Waals surface area contributed by atoms with E-state index >= 15 is 0 Å². The highest BCUT2D eigenvalue weighted by atomic mass is 35.5. The van der Waals surface area contributed by atoms with Crippen molar-refractivity contribution in [2.75, 3.05) is 0 Å². The van der Waals surface area contributed by atoms with Crippen LogP contribution in [0.5, 0.6) is 0 Å². The lowest BCUT2D eigenvalue weighted by molar-refractivity contribution is -0.120. The van der Waals surface area contributed by atoms with Crippen LogP contribution in [0.4, 0.5) is 0 Å². The number of carbonyl (C=O) groups is 1. The maximum absolute atomic E-state index is 12.4. The highest BCUT2D eigenvalue weighted by molar-refractivity contribution is 8.00. The average molecular weight is 399 g/mol. The fourth-order valence-electron chi connectivity index (χ4n) is 2.70. The molecule has 3 aromatic rings. The molecule has 7 heteroatoms. The van der Waals surface area contributed by atoms with Gasteiger partial charge in [0.1, 0.15) is 0 Å². The minimum absolute atomic E-state index is 0.0400. The third-order valence-electron chi connectivity index (χ3n) is 4.33. The monoisotopic (exact) mass is 398 g/mol. The smallest absolute Gasteiger partial charge is 0.233 e. The first-order valence-electron chi connectivity index (χ1n) is 8.85. The van der Waals surface area contributed by atoms with Gasteiger partial charge >= 0.3 is 0 Å². The fourth-order valence-corrected chi connectivity index (χ4v) is 3.70. The van der Waals surface area contributed by atoms with Crippen molar-refractivity contribution in [2.24, 2.45) is 0 Å². The predicted molar refractivity (Wildman–Crippen MR) is 108 cm³/mol. The number of carbonyl (C=O) groups excluding carboxylic acids is 1. The van der Waals surface area contributed by atoms with E-state index in [1.54, 1.807) is 0 Å². The first-order chi connectivity index (χ1) is 13.1. The molecule has 1 aromatic heterocycles. The normalized spacial score (nSPS) is 14.7. The molecule has 0 bridgehead atoms. The van der Waals surface area contributed by atoms with Gasteiger partial charge in [0.05, 0.1) is 5.25 Å². The van der Waals surface area contributed by atoms with Gasteiger partial charge in [0, 0.05) is 22.3 Å². The first kappa shape index (κ1) is 18.1. The van der Waals surface area contributed by atoms with Gasteiger partial charge in [0.2, 0.25) is 5.91 Å². The number of hydrogen-bond donors (Lipinski definition) is 1. The molecule has 4 rings (SSSR count). The summed E-state index contributed by atoms with van der Waals surface area (Å²) in [6.07, 6.45) is 2.15. The van der Waals surface area contributed by atoms with E-state index in [9.17, 15) is 4.79 Å². The van der Waals surface area contributed by atoms with Gasteiger partial charge in [-0.3, -0.25) is 9.36 Å². The van der Waals surface area contributed by atoms with Gasteiger partial charge < -0.3 is 5.32 Å². The highest BCUT2D eigenvalue weighted by Gasteiger charge is 2.27. The van der Waals surface area contributed by atoms with Gasteiger partial charge in [-0.2, -0.15) is 0 Å². The average Bonchev–Trinajstić information content (AvgIpc) is 3.40. The van der Waals surface area contributed by atoms with E-state index in [1.807, 2.05) is 66.1 Å². The Morgan fingerprint density at radius 2 is 1.85 bits per heavy atom. The summed E-state index contributed by atoms with van der Waals surface area (Å²) in [5.74, 6) is 0.758. The maximum Gasteiger partial charge on any atom is 0.233 e. The van der Waals surface area contributed by atoms with Crippen molar-refractivity contribution in [3.05, 3.63) is 59.6 Å². The van der Waals surface area contributed by atoms with Crippen molar-refractivity contribution < 1.29 is 4.79 Å². The molecular weight excluding hydrogens is 380 g/mol. The Morgan fingerprint density at radius 3 is 2.52 bits per heavy atom. The fraction of sp³-hybridized carbons (Fsp3) is 0.250. The number of rotatable bonds is 6. The number of nitrogens with one attached hydrogen (secondary N) is 1. The summed E-state index contributed by atoms with van der Waals surface area (Å²) in [6.45, 7) is 1.90. The molecule has 1 heterocycles. The Bertz CT molecular complexity index is 938. The van der Waals surface area contributed by atoms with Crippen molar-refractivity contribution in [3.63, 3.8) is 0 Å². The van der Waals surface area contributed by atoms with E-state index in [-0.39, 0.29) is 11.2 Å². The second-order valence-electron chi connectivity index (χ2n) is 6.53. The SMILES string of the molecule is C[C@H](Sc1nnc(-c2ccc(Cl)cc2)n1-c1ccccc1)C(=O)NC1CC1. The summed E-state index contributed by atoms with van der Waals surface area (Å²) in [4.78, 5) is 12.4. The molecule has 0 spiro atoms. The van der Waals surface area contributed by atoms with Crippen molar-refractivity contribution in [1.29, 1.82) is 0 Å². The standard InChI is InChI=1S/C20H19ClN4OS/c1-13(19(26)22-16-11-12-16)27-20-24-23-18(14-7-9-15(21)10-8-14)25(20)17-5-3-2-4-6-17/h2-10,13,16H,11-12H2,1H3,(H,22,26)/t13-/m0/s1. The largest absolute Gasteiger partial charge is 0.352 e. The van der Waals surface area contributed by atoms with Crippen LogP contribution in [0.15, 0.2) is 59.8 Å². The van der Waals surface area contributed by atoms with Gasteiger partial charge in [-0.05, 0) is 56.2 Å². The molecule has 1 N–H and O–H groups in total. The van der Waals surface area contributed by atoms with Crippen LogP contribution in [0.25, 0.3) is 17.1 Å². The van der Waals surface area contributed by atoms with Crippen LogP contribution in [0.2, 0.25) is 5.02 Å². The number of thioether (sulfide) groups is 1. The number of hydrogen-bond acceptors (Lipinski definition) is 4. The minimum atomic E-state index is -0.254. The Labute approximate surface area is 167 Å². The molecule has 0 radical (unpaired) electrons. The molecular formula is C20H19ClN4OS. The lowest BCUT2D eigenvalue weighted by Crippen LogP contribution is -2.32. The number of amides is 1. The number of para-hydroxylation sites is 1. The summed E-state index contributed by atoms with van der Waals surface area (Å²) >= 11 is 7.43. The Morgan fingerprint density at radius 1 is 1.15 bits per heavy atom. The van der Waals surface area contributed by atoms with Crippen LogP contribution in [0, 0.1) is 0 Å². The molecule has 1 amide bonds. The van der Waals surface area contributed by atoms with E-state index in [2.05, 4.69) is 15.5 Å². The zero-order valence-electron chi connectivity index (χ0n) is 14.8. The van der Waals surface area contributed by atoms with E-state index in [0.717, 1.165) is 29.9 Å². The van der Waals surface area contributed by atoms with Crippen LogP contribution < -0.4 is 5.32 Å². The molecule has 1 aliphatic rings. The zero-order chi connectivity index (χ0) is 18.8. The Kier molecular flexibility index (Phi) is 5.18. The molecule has 0 aliphatic heterocycles. The molecule has 1 saturated carbocycles. The van der Waals surface area contributed by atoms with Gasteiger partial charge in [-0.15, -0.1) is 10.2 Å². The minimum Gasteiger partial charge on any atom is -0.352 e. The van der Waals surface area contributed by atoms with Crippen molar-refractivity contribution >= 4 is 29.3 Å². The van der Waals surface area contributed by atoms with Gasteiger partial charge in [0.15, 0.2) is 11.0 Å². The molecule has 0 saturated heterocycles. The second-order valence-corrected chi connectivity index (χ2v) is 8.27. The van der Waals surface area contributed by atoms with E-state index < -0.39 is 0 Å². The quantitative estimate of drug-likeness (QED) is 0.627. The maximum atomic E-state index is 12.4. The van der Waals surface area contributed by atoms with Gasteiger partial charge in [-0.1, -0.05) is 41.6 Å². The lowest BCUT2D eigenvalue weighted by Gasteiger charge is -2.13. The van der Waals surface area contributed by atoms with Crippen LogP contribution >= 0.6 is 23.4 Å². The van der Waals surface area contributed by atoms with Crippen LogP contribution in [-0.4, -0.2) is 32.0 Å².